The summed E-state index contributed by atoms with van der Waals surface area (Å²) in [5.41, 5.74) is 1.03. The molecule has 0 aliphatic rings. The van der Waals surface area contributed by atoms with E-state index in [1.54, 1.807) is 12.1 Å². The Labute approximate surface area is 128 Å². The SMILES string of the molecule is O=[N+]([O-])c1cc(O)ccc1NCc1cc(Cl)ccc1Br. The quantitative estimate of drug-likeness (QED) is 0.485. The van der Waals surface area contributed by atoms with Gasteiger partial charge in [-0.1, -0.05) is 27.5 Å². The van der Waals surface area contributed by atoms with Crippen LogP contribution >= 0.6 is 27.5 Å². The number of nitro groups is 1. The number of nitrogens with zero attached hydrogens (tertiary/aromatic N) is 1. The van der Waals surface area contributed by atoms with Crippen molar-refractivity contribution in [2.24, 2.45) is 0 Å². The standard InChI is InChI=1S/C13H10BrClN2O3/c14-11-3-1-9(15)5-8(11)7-16-12-4-2-10(18)6-13(12)17(19)20/h1-6,16,18H,7H2. The number of anilines is 1. The summed E-state index contributed by atoms with van der Waals surface area (Å²) in [6, 6.07) is 9.29. The van der Waals surface area contributed by atoms with Crippen molar-refractivity contribution in [2.75, 3.05) is 5.32 Å². The smallest absolute Gasteiger partial charge is 0.296 e. The molecular formula is C13H10BrClN2O3. The van der Waals surface area contributed by atoms with Gasteiger partial charge in [-0.05, 0) is 35.9 Å². The summed E-state index contributed by atoms with van der Waals surface area (Å²) in [4.78, 5) is 10.4. The van der Waals surface area contributed by atoms with Crippen molar-refractivity contribution >= 4 is 38.9 Å². The molecule has 0 bridgehead atoms. The molecule has 0 saturated carbocycles. The minimum atomic E-state index is -0.547. The average Bonchev–Trinajstić information content (AvgIpc) is 2.40. The van der Waals surface area contributed by atoms with Crippen LogP contribution in [-0.2, 0) is 6.54 Å². The van der Waals surface area contributed by atoms with Crippen molar-refractivity contribution in [1.82, 2.24) is 0 Å². The third-order valence-electron chi connectivity index (χ3n) is 2.66. The lowest BCUT2D eigenvalue weighted by Crippen LogP contribution is -2.03. The van der Waals surface area contributed by atoms with Crippen LogP contribution in [0.1, 0.15) is 5.56 Å². The first kappa shape index (κ1) is 14.6. The maximum absolute atomic E-state index is 10.9. The Morgan fingerprint density at radius 1 is 1.30 bits per heavy atom. The molecule has 0 saturated heterocycles. The maximum atomic E-state index is 10.9. The summed E-state index contributed by atoms with van der Waals surface area (Å²) in [7, 11) is 0. The van der Waals surface area contributed by atoms with Gasteiger partial charge in [0, 0.05) is 16.0 Å². The van der Waals surface area contributed by atoms with E-state index in [9.17, 15) is 15.2 Å². The Morgan fingerprint density at radius 2 is 2.05 bits per heavy atom. The Kier molecular flexibility index (Phi) is 4.46. The third kappa shape index (κ3) is 3.40. The minimum absolute atomic E-state index is 0.147. The number of phenolic OH excluding ortho intramolecular Hbond substituents is 1. The Morgan fingerprint density at radius 3 is 2.75 bits per heavy atom. The first-order valence-corrected chi connectivity index (χ1v) is 6.79. The lowest BCUT2D eigenvalue weighted by atomic mass is 10.2. The molecule has 0 aromatic heterocycles. The van der Waals surface area contributed by atoms with Crippen molar-refractivity contribution in [1.29, 1.82) is 0 Å². The summed E-state index contributed by atoms with van der Waals surface area (Å²) in [5, 5.41) is 23.8. The lowest BCUT2D eigenvalue weighted by Gasteiger charge is -2.09. The molecule has 5 nitrogen and oxygen atoms in total. The molecule has 2 N–H and O–H groups in total. The van der Waals surface area contributed by atoms with Gasteiger partial charge in [-0.15, -0.1) is 0 Å². The van der Waals surface area contributed by atoms with E-state index in [-0.39, 0.29) is 11.4 Å². The molecule has 2 aromatic carbocycles. The fraction of sp³-hybridized carbons (Fsp3) is 0.0769. The van der Waals surface area contributed by atoms with E-state index in [2.05, 4.69) is 21.2 Å². The number of hydrogen-bond acceptors (Lipinski definition) is 4. The highest BCUT2D eigenvalue weighted by molar-refractivity contribution is 9.10. The highest BCUT2D eigenvalue weighted by Gasteiger charge is 2.14. The topological polar surface area (TPSA) is 75.4 Å². The van der Waals surface area contributed by atoms with Crippen molar-refractivity contribution in [2.45, 2.75) is 6.54 Å². The molecule has 104 valence electrons. The largest absolute Gasteiger partial charge is 0.508 e. The molecule has 0 spiro atoms. The van der Waals surface area contributed by atoms with Crippen LogP contribution in [0.25, 0.3) is 0 Å². The summed E-state index contributed by atoms with van der Waals surface area (Å²) in [6.07, 6.45) is 0. The van der Waals surface area contributed by atoms with Gasteiger partial charge in [0.2, 0.25) is 0 Å². The summed E-state index contributed by atoms with van der Waals surface area (Å²) >= 11 is 9.30. The van der Waals surface area contributed by atoms with Crippen molar-refractivity contribution in [3.05, 3.63) is 61.6 Å². The van der Waals surface area contributed by atoms with Gasteiger partial charge in [0.15, 0.2) is 0 Å². The zero-order chi connectivity index (χ0) is 14.7. The van der Waals surface area contributed by atoms with E-state index in [0.29, 0.717) is 17.3 Å². The number of phenols is 1. The number of hydrogen-bond donors (Lipinski definition) is 2. The van der Waals surface area contributed by atoms with Gasteiger partial charge in [-0.25, -0.2) is 0 Å². The number of nitro benzene ring substituents is 1. The predicted octanol–water partition coefficient (Wildman–Crippen LogP) is 4.33. The highest BCUT2D eigenvalue weighted by atomic mass is 79.9. The molecule has 20 heavy (non-hydrogen) atoms. The Bertz CT molecular complexity index is 664. The van der Waals surface area contributed by atoms with Gasteiger partial charge in [-0.2, -0.15) is 0 Å². The zero-order valence-corrected chi connectivity index (χ0v) is 12.5. The molecule has 0 unspecified atom stereocenters. The summed E-state index contributed by atoms with van der Waals surface area (Å²) in [6.45, 7) is 0.368. The Balaban J connectivity index is 2.23. The first-order valence-electron chi connectivity index (χ1n) is 5.62. The Hall–Kier alpha value is -1.79. The van der Waals surface area contributed by atoms with Crippen LogP contribution in [0.3, 0.4) is 0 Å². The molecule has 2 aromatic rings. The molecule has 0 atom stereocenters. The maximum Gasteiger partial charge on any atom is 0.296 e. The van der Waals surface area contributed by atoms with Crippen LogP contribution in [0.15, 0.2) is 40.9 Å². The van der Waals surface area contributed by atoms with Gasteiger partial charge in [0.1, 0.15) is 11.4 Å². The van der Waals surface area contributed by atoms with Crippen LogP contribution < -0.4 is 5.32 Å². The van der Waals surface area contributed by atoms with Gasteiger partial charge in [0.25, 0.3) is 5.69 Å². The van der Waals surface area contributed by atoms with E-state index < -0.39 is 4.92 Å². The second kappa shape index (κ2) is 6.11. The third-order valence-corrected chi connectivity index (χ3v) is 3.66. The molecular weight excluding hydrogens is 348 g/mol. The van der Waals surface area contributed by atoms with Gasteiger partial charge in [0.05, 0.1) is 11.0 Å². The zero-order valence-electron chi connectivity index (χ0n) is 10.1. The fourth-order valence-electron chi connectivity index (χ4n) is 1.69. The number of benzene rings is 2. The molecule has 0 heterocycles. The number of rotatable bonds is 4. The average molecular weight is 358 g/mol. The van der Waals surface area contributed by atoms with Gasteiger partial charge < -0.3 is 10.4 Å². The van der Waals surface area contributed by atoms with E-state index in [0.717, 1.165) is 16.1 Å². The fourth-order valence-corrected chi connectivity index (χ4v) is 2.27. The number of aromatic hydroxyl groups is 1. The first-order chi connectivity index (χ1) is 9.47. The van der Waals surface area contributed by atoms with Crippen molar-refractivity contribution in [3.63, 3.8) is 0 Å². The number of nitrogens with one attached hydrogen (secondary N) is 1. The van der Waals surface area contributed by atoms with Crippen LogP contribution in [-0.4, -0.2) is 10.0 Å². The van der Waals surface area contributed by atoms with Crippen LogP contribution in [0.2, 0.25) is 5.02 Å². The molecule has 0 fully saturated rings. The number of halogens is 2. The molecule has 0 amide bonds. The molecule has 7 heteroatoms. The molecule has 2 rings (SSSR count). The van der Waals surface area contributed by atoms with Gasteiger partial charge >= 0.3 is 0 Å². The van der Waals surface area contributed by atoms with E-state index in [1.807, 2.05) is 6.07 Å². The van der Waals surface area contributed by atoms with Crippen LogP contribution in [0.4, 0.5) is 11.4 Å². The second-order valence-corrected chi connectivity index (χ2v) is 5.34. The highest BCUT2D eigenvalue weighted by Crippen LogP contribution is 2.29. The van der Waals surface area contributed by atoms with Gasteiger partial charge in [-0.3, -0.25) is 10.1 Å². The van der Waals surface area contributed by atoms with E-state index in [4.69, 9.17) is 11.6 Å². The van der Waals surface area contributed by atoms with Crippen molar-refractivity contribution < 1.29 is 10.0 Å². The molecule has 0 radical (unpaired) electrons. The van der Waals surface area contributed by atoms with E-state index in [1.165, 1.54) is 12.1 Å². The minimum Gasteiger partial charge on any atom is -0.508 e. The summed E-state index contributed by atoms with van der Waals surface area (Å²) < 4.78 is 0.857. The normalized spacial score (nSPS) is 10.3. The lowest BCUT2D eigenvalue weighted by molar-refractivity contribution is -0.384. The van der Waals surface area contributed by atoms with E-state index >= 15 is 0 Å². The summed E-state index contributed by atoms with van der Waals surface area (Å²) in [5.74, 6) is -0.147. The van der Waals surface area contributed by atoms with Crippen LogP contribution in [0.5, 0.6) is 5.75 Å². The monoisotopic (exact) mass is 356 g/mol. The predicted molar refractivity (Wildman–Crippen MR) is 81.2 cm³/mol. The van der Waals surface area contributed by atoms with Crippen LogP contribution in [0, 0.1) is 10.1 Å². The van der Waals surface area contributed by atoms with Crippen molar-refractivity contribution in [3.8, 4) is 5.75 Å². The molecule has 0 aliphatic carbocycles. The second-order valence-electron chi connectivity index (χ2n) is 4.05. The molecule has 0 aliphatic heterocycles.